The average molecular weight is 287 g/mol. The Morgan fingerprint density at radius 2 is 1.90 bits per heavy atom. The molecule has 0 aromatic heterocycles. The highest BCUT2D eigenvalue weighted by Gasteiger charge is 2.17. The highest BCUT2D eigenvalue weighted by atomic mass is 32.1. The summed E-state index contributed by atoms with van der Waals surface area (Å²) in [6, 6.07) is 13.7. The van der Waals surface area contributed by atoms with Crippen LogP contribution in [0, 0.1) is 6.92 Å². The first-order chi connectivity index (χ1) is 9.67. The van der Waals surface area contributed by atoms with Gasteiger partial charge in [-0.1, -0.05) is 36.4 Å². The Balaban J connectivity index is 2.52. The molecule has 0 radical (unpaired) electrons. The molecule has 0 heterocycles. The number of anilines is 1. The molecule has 0 bridgehead atoms. The molecule has 0 unspecified atom stereocenters. The van der Waals surface area contributed by atoms with E-state index in [2.05, 4.69) is 22.4 Å². The first-order valence-electron chi connectivity index (χ1n) is 6.37. The molecule has 0 saturated carbocycles. The van der Waals surface area contributed by atoms with Crippen LogP contribution in [0.15, 0.2) is 42.5 Å². The Hall–Kier alpha value is -1.94. The zero-order chi connectivity index (χ0) is 14.5. The van der Waals surface area contributed by atoms with Crippen molar-refractivity contribution < 1.29 is 8.98 Å². The minimum Gasteiger partial charge on any atom is -0.391 e. The van der Waals surface area contributed by atoms with Gasteiger partial charge < -0.3 is 9.50 Å². The number of rotatable bonds is 4. The summed E-state index contributed by atoms with van der Waals surface area (Å²) in [5, 5.41) is 3.17. The monoisotopic (exact) mass is 287 g/mol. The maximum atomic E-state index is 11.9. The van der Waals surface area contributed by atoms with Crippen molar-refractivity contribution in [1.29, 1.82) is 0 Å². The Morgan fingerprint density at radius 3 is 2.50 bits per heavy atom. The molecule has 0 amide bonds. The molecular formula is C16H17NO2S. The molecule has 0 aliphatic rings. The van der Waals surface area contributed by atoms with Crippen LogP contribution in [0.3, 0.4) is 0 Å². The van der Waals surface area contributed by atoms with Crippen molar-refractivity contribution in [2.24, 2.45) is 0 Å². The topological polar surface area (TPSA) is 38.3 Å². The summed E-state index contributed by atoms with van der Waals surface area (Å²) in [4.78, 5) is 11.9. The van der Waals surface area contributed by atoms with Gasteiger partial charge in [-0.05, 0) is 29.7 Å². The van der Waals surface area contributed by atoms with E-state index in [-0.39, 0.29) is 0 Å². The van der Waals surface area contributed by atoms with E-state index in [0.29, 0.717) is 12.0 Å². The minimum absolute atomic E-state index is 0.434. The normalized spacial score (nSPS) is 10.2. The van der Waals surface area contributed by atoms with Gasteiger partial charge in [-0.2, -0.15) is 0 Å². The lowest BCUT2D eigenvalue weighted by atomic mass is 9.95. The SMILES string of the molecule is CNc1c(C)ccc(C(=O)OS)c1Cc1ccccc1. The molecule has 0 fully saturated rings. The molecular weight excluding hydrogens is 270 g/mol. The molecule has 2 rings (SSSR count). The highest BCUT2D eigenvalue weighted by molar-refractivity contribution is 7.75. The fraction of sp³-hybridized carbons (Fsp3) is 0.188. The molecule has 0 aliphatic heterocycles. The third-order valence-electron chi connectivity index (χ3n) is 3.30. The van der Waals surface area contributed by atoms with Crippen LogP contribution in [-0.4, -0.2) is 13.0 Å². The number of carbonyl (C=O) groups is 1. The second-order valence-electron chi connectivity index (χ2n) is 4.57. The third kappa shape index (κ3) is 2.96. The summed E-state index contributed by atoms with van der Waals surface area (Å²) in [5.74, 6) is -0.434. The Bertz CT molecular complexity index is 611. The largest absolute Gasteiger partial charge is 0.391 e. The molecule has 1 N–H and O–H groups in total. The molecule has 2 aromatic rings. The number of thiol groups is 1. The standard InChI is InChI=1S/C16H17NO2S/c1-11-8-9-13(16(18)19-20)14(15(11)17-2)10-12-6-4-3-5-7-12/h3-9,17,20H,10H2,1-2H3. The summed E-state index contributed by atoms with van der Waals surface area (Å²) in [6.07, 6.45) is 0.664. The van der Waals surface area contributed by atoms with Crippen LogP contribution in [0.25, 0.3) is 0 Å². The molecule has 20 heavy (non-hydrogen) atoms. The molecule has 3 nitrogen and oxygen atoms in total. The Morgan fingerprint density at radius 1 is 1.20 bits per heavy atom. The van der Waals surface area contributed by atoms with Crippen LogP contribution < -0.4 is 5.32 Å². The van der Waals surface area contributed by atoms with Crippen LogP contribution in [-0.2, 0) is 10.6 Å². The number of carbonyl (C=O) groups excluding carboxylic acids is 1. The van der Waals surface area contributed by atoms with Gasteiger partial charge in [-0.3, -0.25) is 0 Å². The predicted octanol–water partition coefficient (Wildman–Crippen LogP) is 3.63. The van der Waals surface area contributed by atoms with Crippen molar-refractivity contribution in [2.45, 2.75) is 13.3 Å². The molecule has 4 heteroatoms. The predicted molar refractivity (Wildman–Crippen MR) is 84.4 cm³/mol. The molecule has 104 valence electrons. The van der Waals surface area contributed by atoms with E-state index in [1.807, 2.05) is 50.4 Å². The average Bonchev–Trinajstić information content (AvgIpc) is 2.48. The minimum atomic E-state index is -0.434. The lowest BCUT2D eigenvalue weighted by molar-refractivity contribution is 0.0771. The molecule has 0 aliphatic carbocycles. The van der Waals surface area contributed by atoms with Gasteiger partial charge >= 0.3 is 5.97 Å². The van der Waals surface area contributed by atoms with E-state index < -0.39 is 5.97 Å². The third-order valence-corrected chi connectivity index (χ3v) is 3.46. The number of nitrogens with one attached hydrogen (secondary N) is 1. The summed E-state index contributed by atoms with van der Waals surface area (Å²) in [5.41, 5.74) is 4.67. The second-order valence-corrected chi connectivity index (χ2v) is 4.76. The van der Waals surface area contributed by atoms with Crippen LogP contribution in [0.5, 0.6) is 0 Å². The van der Waals surface area contributed by atoms with Crippen molar-refractivity contribution in [3.63, 3.8) is 0 Å². The first-order valence-corrected chi connectivity index (χ1v) is 6.73. The van der Waals surface area contributed by atoms with Gasteiger partial charge in [0.05, 0.1) is 5.56 Å². The van der Waals surface area contributed by atoms with Gasteiger partial charge in [-0.25, -0.2) is 4.79 Å². The zero-order valence-corrected chi connectivity index (χ0v) is 12.4. The summed E-state index contributed by atoms with van der Waals surface area (Å²) in [7, 11) is 1.85. The van der Waals surface area contributed by atoms with Crippen molar-refractivity contribution in [3.8, 4) is 0 Å². The van der Waals surface area contributed by atoms with E-state index in [0.717, 1.165) is 22.4 Å². The van der Waals surface area contributed by atoms with Crippen LogP contribution in [0.2, 0.25) is 0 Å². The Labute approximate surface area is 124 Å². The Kier molecular flexibility index (Phi) is 4.69. The molecule has 0 spiro atoms. The fourth-order valence-corrected chi connectivity index (χ4v) is 2.44. The van der Waals surface area contributed by atoms with Gasteiger partial charge in [0.2, 0.25) is 0 Å². The summed E-state index contributed by atoms with van der Waals surface area (Å²) in [6.45, 7) is 2.01. The van der Waals surface area contributed by atoms with Gasteiger partial charge in [-0.15, -0.1) is 0 Å². The first kappa shape index (κ1) is 14.5. The van der Waals surface area contributed by atoms with Crippen molar-refractivity contribution in [3.05, 3.63) is 64.7 Å². The van der Waals surface area contributed by atoms with Crippen LogP contribution >= 0.6 is 12.9 Å². The van der Waals surface area contributed by atoms with Gasteiger partial charge in [0, 0.05) is 32.1 Å². The zero-order valence-electron chi connectivity index (χ0n) is 11.5. The number of aryl methyl sites for hydroxylation is 1. The fourth-order valence-electron chi connectivity index (χ4n) is 2.34. The quantitative estimate of drug-likeness (QED) is 0.666. The smallest absolute Gasteiger partial charge is 0.350 e. The van der Waals surface area contributed by atoms with E-state index in [1.54, 1.807) is 6.07 Å². The lowest BCUT2D eigenvalue weighted by Crippen LogP contribution is -2.09. The van der Waals surface area contributed by atoms with E-state index in [1.165, 1.54) is 0 Å². The molecule has 0 saturated heterocycles. The number of hydrogen-bond acceptors (Lipinski definition) is 4. The molecule has 0 atom stereocenters. The van der Waals surface area contributed by atoms with Crippen LogP contribution in [0.1, 0.15) is 27.0 Å². The van der Waals surface area contributed by atoms with Crippen molar-refractivity contribution in [1.82, 2.24) is 0 Å². The maximum absolute atomic E-state index is 11.9. The van der Waals surface area contributed by atoms with Crippen LogP contribution in [0.4, 0.5) is 5.69 Å². The van der Waals surface area contributed by atoms with Gasteiger partial charge in [0.1, 0.15) is 0 Å². The van der Waals surface area contributed by atoms with E-state index in [9.17, 15) is 4.79 Å². The molecule has 2 aromatic carbocycles. The lowest BCUT2D eigenvalue weighted by Gasteiger charge is -2.16. The number of benzene rings is 2. The van der Waals surface area contributed by atoms with E-state index >= 15 is 0 Å². The number of hydrogen-bond donors (Lipinski definition) is 2. The van der Waals surface area contributed by atoms with Gasteiger partial charge in [0.15, 0.2) is 0 Å². The van der Waals surface area contributed by atoms with E-state index in [4.69, 9.17) is 0 Å². The highest BCUT2D eigenvalue weighted by Crippen LogP contribution is 2.27. The maximum Gasteiger partial charge on any atom is 0.350 e. The van der Waals surface area contributed by atoms with Crippen molar-refractivity contribution >= 4 is 24.6 Å². The summed E-state index contributed by atoms with van der Waals surface area (Å²) >= 11 is 3.62. The van der Waals surface area contributed by atoms with Crippen molar-refractivity contribution in [2.75, 3.05) is 12.4 Å². The summed E-state index contributed by atoms with van der Waals surface area (Å²) < 4.78 is 4.58. The second kappa shape index (κ2) is 6.48. The van der Waals surface area contributed by atoms with Gasteiger partial charge in [0.25, 0.3) is 0 Å².